The van der Waals surface area contributed by atoms with E-state index in [-0.39, 0.29) is 0 Å². The van der Waals surface area contributed by atoms with Crippen LogP contribution in [0.4, 0.5) is 0 Å². The normalized spacial score (nSPS) is 15.2. The van der Waals surface area contributed by atoms with Crippen LogP contribution in [0.2, 0.25) is 13.1 Å². The lowest BCUT2D eigenvalue weighted by molar-refractivity contribution is 1.33. The predicted molar refractivity (Wildman–Crippen MR) is 86.0 cm³/mol. The molecule has 0 saturated carbocycles. The van der Waals surface area contributed by atoms with Gasteiger partial charge in [-0.25, -0.2) is 0 Å². The molecule has 0 bridgehead atoms. The average Bonchev–Trinajstić information content (AvgIpc) is 2.76. The van der Waals surface area contributed by atoms with Crippen LogP contribution in [0.1, 0.15) is 18.1 Å². The zero-order valence-corrected chi connectivity index (χ0v) is 12.8. The molecule has 1 aliphatic carbocycles. The van der Waals surface area contributed by atoms with Crippen molar-refractivity contribution in [2.24, 2.45) is 0 Å². The van der Waals surface area contributed by atoms with Gasteiger partial charge in [-0.05, 0) is 18.1 Å². The summed E-state index contributed by atoms with van der Waals surface area (Å²) in [4.78, 5) is 0. The van der Waals surface area contributed by atoms with Crippen molar-refractivity contribution in [2.45, 2.75) is 20.0 Å². The highest BCUT2D eigenvalue weighted by atomic mass is 28.3. The van der Waals surface area contributed by atoms with Crippen molar-refractivity contribution in [1.82, 2.24) is 0 Å². The van der Waals surface area contributed by atoms with Gasteiger partial charge in [0.05, 0.1) is 8.07 Å². The fraction of sp³-hybridized carbons (Fsp3) is 0.167. The van der Waals surface area contributed by atoms with Crippen LogP contribution in [0.5, 0.6) is 0 Å². The van der Waals surface area contributed by atoms with E-state index in [0.717, 1.165) is 0 Å². The Kier molecular flexibility index (Phi) is 2.94. The first-order valence-corrected chi connectivity index (χ1v) is 9.82. The van der Waals surface area contributed by atoms with Gasteiger partial charge in [-0.15, -0.1) is 0 Å². The maximum Gasteiger partial charge on any atom is 0.0970 e. The van der Waals surface area contributed by atoms with Gasteiger partial charge in [0.25, 0.3) is 0 Å². The van der Waals surface area contributed by atoms with Crippen LogP contribution in [0.3, 0.4) is 0 Å². The van der Waals surface area contributed by atoms with Crippen molar-refractivity contribution in [1.29, 1.82) is 0 Å². The molecule has 0 fully saturated rings. The number of hydrogen-bond donors (Lipinski definition) is 0. The molecule has 0 spiro atoms. The lowest BCUT2D eigenvalue weighted by Crippen LogP contribution is -2.48. The lowest BCUT2D eigenvalue weighted by Gasteiger charge is -2.31. The molecule has 0 N–H and O–H groups in total. The first-order chi connectivity index (χ1) is 9.10. The molecule has 1 radical (unpaired) electrons. The van der Waals surface area contributed by atoms with Crippen molar-refractivity contribution in [3.8, 4) is 0 Å². The zero-order valence-electron chi connectivity index (χ0n) is 11.8. The van der Waals surface area contributed by atoms with Crippen LogP contribution >= 0.6 is 0 Å². The third kappa shape index (κ3) is 1.98. The quantitative estimate of drug-likeness (QED) is 0.713. The van der Waals surface area contributed by atoms with E-state index in [1.165, 1.54) is 21.9 Å². The first kappa shape index (κ1) is 12.4. The molecule has 0 aromatic heterocycles. The molecule has 0 saturated heterocycles. The van der Waals surface area contributed by atoms with Gasteiger partial charge in [0, 0.05) is 5.54 Å². The highest BCUT2D eigenvalue weighted by Gasteiger charge is 2.39. The maximum atomic E-state index is 2.46. The fourth-order valence-corrected chi connectivity index (χ4v) is 6.47. The van der Waals surface area contributed by atoms with Gasteiger partial charge in [-0.1, -0.05) is 84.5 Å². The Hall–Kier alpha value is -1.60. The number of hydrogen-bond acceptors (Lipinski definition) is 0. The molecular weight excluding hydrogens is 244 g/mol. The molecule has 2 aromatic carbocycles. The molecule has 19 heavy (non-hydrogen) atoms. The average molecular weight is 263 g/mol. The van der Waals surface area contributed by atoms with E-state index in [0.29, 0.717) is 0 Å². The van der Waals surface area contributed by atoms with Crippen molar-refractivity contribution in [3.63, 3.8) is 0 Å². The number of rotatable bonds is 2. The standard InChI is InChI=1S/C18H19Si/c1-14-13-15-9-7-8-12-17(15)18(14)19(2,3)16-10-5-4-6-11-16/h4-13H,1-3H3. The second-order valence-electron chi connectivity index (χ2n) is 5.78. The summed E-state index contributed by atoms with van der Waals surface area (Å²) in [6.07, 6.45) is 2.34. The van der Waals surface area contributed by atoms with E-state index < -0.39 is 8.07 Å². The largest absolute Gasteiger partial charge is 0.0970 e. The highest BCUT2D eigenvalue weighted by Crippen LogP contribution is 2.40. The number of allylic oxidation sites excluding steroid dienone is 1. The topological polar surface area (TPSA) is 0 Å². The molecule has 0 heterocycles. The fourth-order valence-electron chi connectivity index (χ4n) is 3.20. The minimum atomic E-state index is -1.61. The molecule has 95 valence electrons. The van der Waals surface area contributed by atoms with Gasteiger partial charge in [0.15, 0.2) is 0 Å². The summed E-state index contributed by atoms with van der Waals surface area (Å²) in [5, 5.41) is 1.51. The minimum absolute atomic E-state index is 1.38. The van der Waals surface area contributed by atoms with Crippen LogP contribution < -0.4 is 5.19 Å². The second kappa shape index (κ2) is 4.50. The summed E-state index contributed by atoms with van der Waals surface area (Å²) in [6, 6.07) is 19.8. The van der Waals surface area contributed by atoms with Crippen LogP contribution in [0, 0.1) is 5.54 Å². The van der Waals surface area contributed by atoms with Gasteiger partial charge in [0.1, 0.15) is 0 Å². The monoisotopic (exact) mass is 263 g/mol. The molecule has 2 aromatic rings. The predicted octanol–water partition coefficient (Wildman–Crippen LogP) is 4.18. The van der Waals surface area contributed by atoms with E-state index in [4.69, 9.17) is 0 Å². The molecule has 0 unspecified atom stereocenters. The molecule has 0 atom stereocenters. The smallest absolute Gasteiger partial charge is 0.0645 e. The highest BCUT2D eigenvalue weighted by molar-refractivity contribution is 6.95. The maximum absolute atomic E-state index is 2.46. The summed E-state index contributed by atoms with van der Waals surface area (Å²) in [5.41, 5.74) is 5.86. The van der Waals surface area contributed by atoms with E-state index >= 15 is 0 Å². The van der Waals surface area contributed by atoms with Gasteiger partial charge < -0.3 is 0 Å². The van der Waals surface area contributed by atoms with Gasteiger partial charge >= 0.3 is 0 Å². The Morgan fingerprint density at radius 1 is 0.789 bits per heavy atom. The second-order valence-corrected chi connectivity index (χ2v) is 10.1. The van der Waals surface area contributed by atoms with Gasteiger partial charge in [-0.2, -0.15) is 0 Å². The third-order valence-corrected chi connectivity index (χ3v) is 7.81. The first-order valence-electron chi connectivity index (χ1n) is 6.82. The Balaban J connectivity index is 2.10. The van der Waals surface area contributed by atoms with E-state index in [1.54, 1.807) is 5.54 Å². The Labute approximate surface area is 116 Å². The molecule has 0 amide bonds. The van der Waals surface area contributed by atoms with Crippen molar-refractivity contribution >= 4 is 19.3 Å². The zero-order chi connectivity index (χ0) is 13.5. The van der Waals surface area contributed by atoms with Crippen LogP contribution in [-0.4, -0.2) is 8.07 Å². The Morgan fingerprint density at radius 3 is 2.16 bits per heavy atom. The Morgan fingerprint density at radius 2 is 1.42 bits per heavy atom. The summed E-state index contributed by atoms with van der Waals surface area (Å²) in [7, 11) is -1.61. The summed E-state index contributed by atoms with van der Waals surface area (Å²) >= 11 is 0. The summed E-state index contributed by atoms with van der Waals surface area (Å²) < 4.78 is 0. The minimum Gasteiger partial charge on any atom is -0.0645 e. The summed E-state index contributed by atoms with van der Waals surface area (Å²) in [5.74, 6) is 0. The molecule has 1 aliphatic rings. The van der Waals surface area contributed by atoms with E-state index in [9.17, 15) is 0 Å². The third-order valence-electron chi connectivity index (χ3n) is 4.12. The van der Waals surface area contributed by atoms with Crippen molar-refractivity contribution in [2.75, 3.05) is 0 Å². The lowest BCUT2D eigenvalue weighted by atomic mass is 10.1. The van der Waals surface area contributed by atoms with Gasteiger partial charge in [-0.3, -0.25) is 0 Å². The molecule has 0 nitrogen and oxygen atoms in total. The van der Waals surface area contributed by atoms with Crippen LogP contribution in [0.25, 0.3) is 6.08 Å². The summed E-state index contributed by atoms with van der Waals surface area (Å²) in [6.45, 7) is 7.17. The number of fused-ring (bicyclic) bond motifs is 1. The SMILES string of the molecule is CC1=Cc2ccccc2[C]1[Si](C)(C)c1ccccc1. The molecular formula is C18H19Si. The van der Waals surface area contributed by atoms with E-state index in [1.807, 2.05) is 0 Å². The van der Waals surface area contributed by atoms with E-state index in [2.05, 4.69) is 80.7 Å². The van der Waals surface area contributed by atoms with Crippen molar-refractivity contribution < 1.29 is 0 Å². The number of benzene rings is 2. The molecule has 0 aliphatic heterocycles. The van der Waals surface area contributed by atoms with Crippen molar-refractivity contribution in [3.05, 3.63) is 76.8 Å². The Bertz CT molecular complexity index is 623. The molecule has 1 heteroatoms. The van der Waals surface area contributed by atoms with Crippen LogP contribution in [-0.2, 0) is 0 Å². The van der Waals surface area contributed by atoms with Gasteiger partial charge in [0.2, 0.25) is 0 Å². The molecule has 3 rings (SSSR count). The van der Waals surface area contributed by atoms with Crippen LogP contribution in [0.15, 0.2) is 60.2 Å².